The molecule has 1 N–H and O–H groups in total. The predicted octanol–water partition coefficient (Wildman–Crippen LogP) is 2.28. The van der Waals surface area contributed by atoms with E-state index in [2.05, 4.69) is 0 Å². The molecule has 0 aromatic carbocycles. The Morgan fingerprint density at radius 1 is 0.833 bits per heavy atom. The third-order valence-corrected chi connectivity index (χ3v) is 0.706. The summed E-state index contributed by atoms with van der Waals surface area (Å²) >= 11 is 0. The van der Waals surface area contributed by atoms with Crippen LogP contribution in [0.15, 0.2) is 11.7 Å². The maximum absolute atomic E-state index is 11.6. The normalized spacial score (nSPS) is 16.0. The molecule has 8 heteroatoms. The van der Waals surface area contributed by atoms with Gasteiger partial charge in [0.2, 0.25) is 11.7 Å². The van der Waals surface area contributed by atoms with E-state index in [1.54, 1.807) is 0 Å². The van der Waals surface area contributed by atoms with Crippen LogP contribution in [0.25, 0.3) is 0 Å². The summed E-state index contributed by atoms with van der Waals surface area (Å²) < 4.78 is 79.0. The number of halogens is 7. The van der Waals surface area contributed by atoms with Crippen LogP contribution in [-0.4, -0.2) is 17.4 Å². The van der Waals surface area contributed by atoms with Crippen LogP contribution in [0, 0.1) is 0 Å². The molecule has 1 nitrogen and oxygen atoms in total. The minimum atomic E-state index is -5.86. The molecule has 0 radical (unpaired) electrons. The van der Waals surface area contributed by atoms with Gasteiger partial charge in [-0.2, -0.15) is 30.7 Å². The average Bonchev–Trinajstić information content (AvgIpc) is 1.80. The number of aliphatic hydroxyl groups is 1. The van der Waals surface area contributed by atoms with Crippen molar-refractivity contribution in [2.75, 3.05) is 0 Å². The molecule has 0 amide bonds. The number of hydrogen-bond acceptors (Lipinski definition) is 1. The maximum atomic E-state index is 11.6. The second kappa shape index (κ2) is 2.92. The van der Waals surface area contributed by atoms with Gasteiger partial charge in [0.1, 0.15) is 0 Å². The van der Waals surface area contributed by atoms with Gasteiger partial charge >= 0.3 is 12.3 Å². The molecule has 0 aromatic heterocycles. The Balaban J connectivity index is 4.96. The fourth-order valence-electron chi connectivity index (χ4n) is 0.256. The lowest BCUT2D eigenvalue weighted by atomic mass is 10.4. The summed E-state index contributed by atoms with van der Waals surface area (Å²) in [6.45, 7) is 0. The van der Waals surface area contributed by atoms with Gasteiger partial charge in [0.25, 0.3) is 0 Å². The van der Waals surface area contributed by atoms with Crippen molar-refractivity contribution in [1.82, 2.24) is 0 Å². The molecule has 0 heterocycles. The minimum absolute atomic E-state index is 3.55. The first-order chi connectivity index (χ1) is 5.07. The van der Waals surface area contributed by atoms with Crippen LogP contribution in [0.1, 0.15) is 0 Å². The summed E-state index contributed by atoms with van der Waals surface area (Å²) in [6.07, 6.45) is -11.3. The summed E-state index contributed by atoms with van der Waals surface area (Å²) in [4.78, 5) is 0. The standard InChI is InChI=1S/C4HF7O/c5-1(3(7,8)9)2(6)4(10,11)12/h12H. The Bertz CT molecular complexity index is 174. The van der Waals surface area contributed by atoms with Crippen molar-refractivity contribution < 1.29 is 35.8 Å². The van der Waals surface area contributed by atoms with Crippen LogP contribution in [0.5, 0.6) is 0 Å². The molecule has 12 heavy (non-hydrogen) atoms. The number of allylic oxidation sites excluding steroid dienone is 1. The monoisotopic (exact) mass is 198 g/mol. The first-order valence-electron chi connectivity index (χ1n) is 2.30. The van der Waals surface area contributed by atoms with Crippen molar-refractivity contribution in [2.45, 2.75) is 12.3 Å². The van der Waals surface area contributed by atoms with Crippen molar-refractivity contribution in [3.8, 4) is 0 Å². The van der Waals surface area contributed by atoms with E-state index in [-0.39, 0.29) is 0 Å². The summed E-state index contributed by atoms with van der Waals surface area (Å²) in [5.74, 6) is -7.19. The van der Waals surface area contributed by atoms with Gasteiger partial charge < -0.3 is 5.11 Å². The zero-order chi connectivity index (χ0) is 10.2. The average molecular weight is 198 g/mol. The summed E-state index contributed by atoms with van der Waals surface area (Å²) in [7, 11) is 0. The summed E-state index contributed by atoms with van der Waals surface area (Å²) in [5, 5.41) is 7.31. The first kappa shape index (κ1) is 11.2. The smallest absolute Gasteiger partial charge is 0.330 e. The molecule has 0 saturated heterocycles. The SMILES string of the molecule is OC(F)(F)C(F)=C(F)C(F)(F)F. The van der Waals surface area contributed by atoms with Crippen LogP contribution in [0.2, 0.25) is 0 Å². The van der Waals surface area contributed by atoms with Gasteiger partial charge in [0, 0.05) is 0 Å². The highest BCUT2D eigenvalue weighted by Crippen LogP contribution is 2.35. The second-order valence-corrected chi connectivity index (χ2v) is 1.67. The van der Waals surface area contributed by atoms with Gasteiger partial charge in [0.05, 0.1) is 0 Å². The summed E-state index contributed by atoms with van der Waals surface area (Å²) in [5.41, 5.74) is 0. The van der Waals surface area contributed by atoms with E-state index in [0.717, 1.165) is 0 Å². The van der Waals surface area contributed by atoms with Crippen molar-refractivity contribution >= 4 is 0 Å². The Morgan fingerprint density at radius 3 is 1.25 bits per heavy atom. The van der Waals surface area contributed by atoms with Crippen molar-refractivity contribution in [3.05, 3.63) is 11.7 Å². The molecule has 0 fully saturated rings. The fourth-order valence-corrected chi connectivity index (χ4v) is 0.256. The molecular formula is C4HF7O. The minimum Gasteiger partial charge on any atom is -0.330 e. The van der Waals surface area contributed by atoms with Crippen LogP contribution in [0.4, 0.5) is 30.7 Å². The van der Waals surface area contributed by atoms with Crippen LogP contribution >= 0.6 is 0 Å². The van der Waals surface area contributed by atoms with E-state index in [9.17, 15) is 30.7 Å². The molecule has 0 aliphatic heterocycles. The molecule has 0 aliphatic carbocycles. The first-order valence-corrected chi connectivity index (χ1v) is 2.30. The third kappa shape index (κ3) is 2.68. The predicted molar refractivity (Wildman–Crippen MR) is 22.5 cm³/mol. The van der Waals surface area contributed by atoms with Crippen LogP contribution in [0.3, 0.4) is 0 Å². The zero-order valence-corrected chi connectivity index (χ0v) is 5.09. The van der Waals surface area contributed by atoms with Gasteiger partial charge in [-0.15, -0.1) is 0 Å². The van der Waals surface area contributed by atoms with Crippen molar-refractivity contribution in [3.63, 3.8) is 0 Å². The van der Waals surface area contributed by atoms with Gasteiger partial charge in [0.15, 0.2) is 0 Å². The summed E-state index contributed by atoms with van der Waals surface area (Å²) in [6, 6.07) is 0. The van der Waals surface area contributed by atoms with Gasteiger partial charge in [-0.1, -0.05) is 0 Å². The highest BCUT2D eigenvalue weighted by molar-refractivity contribution is 5.09. The maximum Gasteiger partial charge on any atom is 0.445 e. The van der Waals surface area contributed by atoms with E-state index in [1.807, 2.05) is 0 Å². The van der Waals surface area contributed by atoms with E-state index < -0.39 is 23.9 Å². The van der Waals surface area contributed by atoms with Gasteiger partial charge in [-0.3, -0.25) is 0 Å². The molecule has 0 bridgehead atoms. The Hall–Kier alpha value is -0.790. The topological polar surface area (TPSA) is 20.2 Å². The Kier molecular flexibility index (Phi) is 2.73. The molecule has 0 spiro atoms. The number of rotatable bonds is 1. The second-order valence-electron chi connectivity index (χ2n) is 1.67. The number of alkyl halides is 5. The Labute approximate surface area is 61.1 Å². The lowest BCUT2D eigenvalue weighted by molar-refractivity contribution is -0.189. The van der Waals surface area contributed by atoms with Gasteiger partial charge in [-0.05, 0) is 0 Å². The fraction of sp³-hybridized carbons (Fsp3) is 0.500. The zero-order valence-electron chi connectivity index (χ0n) is 5.09. The largest absolute Gasteiger partial charge is 0.445 e. The van der Waals surface area contributed by atoms with E-state index in [1.165, 1.54) is 0 Å². The highest BCUT2D eigenvalue weighted by Gasteiger charge is 2.46. The van der Waals surface area contributed by atoms with Crippen LogP contribution < -0.4 is 0 Å². The van der Waals surface area contributed by atoms with E-state index in [4.69, 9.17) is 5.11 Å². The molecule has 0 saturated carbocycles. The molecule has 0 atom stereocenters. The van der Waals surface area contributed by atoms with Gasteiger partial charge in [-0.25, -0.2) is 0 Å². The van der Waals surface area contributed by atoms with E-state index >= 15 is 0 Å². The third-order valence-electron chi connectivity index (χ3n) is 0.706. The quantitative estimate of drug-likeness (QED) is 0.640. The lowest BCUT2D eigenvalue weighted by Gasteiger charge is -2.08. The molecule has 0 aromatic rings. The molecule has 0 aliphatic rings. The molecule has 0 unspecified atom stereocenters. The lowest BCUT2D eigenvalue weighted by Crippen LogP contribution is -2.21. The van der Waals surface area contributed by atoms with Crippen molar-refractivity contribution in [1.29, 1.82) is 0 Å². The van der Waals surface area contributed by atoms with Crippen molar-refractivity contribution in [2.24, 2.45) is 0 Å². The molecule has 0 rings (SSSR count). The molecular weight excluding hydrogens is 197 g/mol. The van der Waals surface area contributed by atoms with E-state index in [0.29, 0.717) is 0 Å². The highest BCUT2D eigenvalue weighted by atomic mass is 19.4. The molecule has 72 valence electrons. The van der Waals surface area contributed by atoms with Crippen LogP contribution in [-0.2, 0) is 0 Å². The Morgan fingerprint density at radius 2 is 1.17 bits per heavy atom. The number of hydrogen-bond donors (Lipinski definition) is 1.